The average Bonchev–Trinajstić information content (AvgIpc) is 2.68. The number of methoxy groups -OCH3 is 1. The summed E-state index contributed by atoms with van der Waals surface area (Å²) in [5.41, 5.74) is 1.20. The molecule has 0 aliphatic carbocycles. The van der Waals surface area contributed by atoms with Gasteiger partial charge >= 0.3 is 0 Å². The highest BCUT2D eigenvalue weighted by atomic mass is 16.5. The maximum absolute atomic E-state index is 10.8. The van der Waals surface area contributed by atoms with Gasteiger partial charge in [0.15, 0.2) is 11.5 Å². The molecule has 4 aromatic carbocycles. The van der Waals surface area contributed by atoms with E-state index >= 15 is 0 Å². The molecule has 6 heteroatoms. The molecular formula is C22H18O6. The van der Waals surface area contributed by atoms with Gasteiger partial charge < -0.3 is 30.3 Å². The van der Waals surface area contributed by atoms with E-state index in [1.807, 2.05) is 0 Å². The van der Waals surface area contributed by atoms with Gasteiger partial charge in [0.2, 0.25) is 0 Å². The van der Waals surface area contributed by atoms with E-state index in [-0.39, 0.29) is 34.4 Å². The monoisotopic (exact) mass is 378 g/mol. The molecular weight excluding hydrogens is 360 g/mol. The predicted octanol–water partition coefficient (Wildman–Crippen LogP) is 4.12. The van der Waals surface area contributed by atoms with Crippen LogP contribution >= 0.6 is 0 Å². The molecule has 0 bridgehead atoms. The van der Waals surface area contributed by atoms with Crippen molar-refractivity contribution in [3.63, 3.8) is 0 Å². The zero-order valence-electron chi connectivity index (χ0n) is 15.0. The second-order valence-corrected chi connectivity index (χ2v) is 6.60. The smallest absolute Gasteiger partial charge is 0.166 e. The number of fused-ring (bicyclic) bond motifs is 3. The zero-order valence-corrected chi connectivity index (χ0v) is 15.0. The number of benzene rings is 4. The van der Waals surface area contributed by atoms with Crippen molar-refractivity contribution in [1.82, 2.24) is 0 Å². The summed E-state index contributed by atoms with van der Waals surface area (Å²) in [4.78, 5) is 0. The molecule has 0 aliphatic heterocycles. The first-order valence-electron chi connectivity index (χ1n) is 8.57. The molecule has 5 N–H and O–H groups in total. The number of phenols is 5. The molecule has 0 spiro atoms. The van der Waals surface area contributed by atoms with Crippen molar-refractivity contribution >= 4 is 21.5 Å². The van der Waals surface area contributed by atoms with Crippen LogP contribution in [0.15, 0.2) is 48.5 Å². The number of ether oxygens (including phenoxy) is 1. The lowest BCUT2D eigenvalue weighted by Gasteiger charge is -2.17. The number of hydrogen-bond donors (Lipinski definition) is 5. The van der Waals surface area contributed by atoms with Gasteiger partial charge in [-0.3, -0.25) is 0 Å². The minimum Gasteiger partial charge on any atom is -0.508 e. The fourth-order valence-electron chi connectivity index (χ4n) is 3.56. The van der Waals surface area contributed by atoms with E-state index in [4.69, 9.17) is 4.74 Å². The molecule has 0 unspecified atom stereocenters. The first-order valence-corrected chi connectivity index (χ1v) is 8.57. The average molecular weight is 378 g/mol. The Bertz CT molecular complexity index is 1210. The molecule has 0 aromatic heterocycles. The highest BCUT2D eigenvalue weighted by Gasteiger charge is 2.22. The van der Waals surface area contributed by atoms with Crippen molar-refractivity contribution < 1.29 is 30.3 Å². The van der Waals surface area contributed by atoms with E-state index < -0.39 is 11.5 Å². The highest BCUT2D eigenvalue weighted by Crippen LogP contribution is 2.50. The summed E-state index contributed by atoms with van der Waals surface area (Å²) in [6.45, 7) is 0. The first-order chi connectivity index (χ1) is 13.4. The lowest BCUT2D eigenvalue weighted by molar-refractivity contribution is 0.406. The van der Waals surface area contributed by atoms with Crippen molar-refractivity contribution in [2.24, 2.45) is 0 Å². The van der Waals surface area contributed by atoms with Crippen LogP contribution < -0.4 is 4.74 Å². The van der Waals surface area contributed by atoms with Gasteiger partial charge in [0.05, 0.1) is 7.11 Å². The largest absolute Gasteiger partial charge is 0.508 e. The molecule has 0 fully saturated rings. The third-order valence-electron chi connectivity index (χ3n) is 4.90. The molecule has 0 atom stereocenters. The van der Waals surface area contributed by atoms with Crippen LogP contribution in [0.5, 0.6) is 34.5 Å². The molecule has 0 saturated heterocycles. The van der Waals surface area contributed by atoms with Crippen LogP contribution in [0.25, 0.3) is 21.5 Å². The van der Waals surface area contributed by atoms with Crippen LogP contribution in [-0.2, 0) is 6.42 Å². The van der Waals surface area contributed by atoms with Crippen molar-refractivity contribution in [2.45, 2.75) is 6.42 Å². The minimum atomic E-state index is -0.406. The van der Waals surface area contributed by atoms with Gasteiger partial charge in [0.25, 0.3) is 0 Å². The first kappa shape index (κ1) is 17.6. The molecule has 142 valence electrons. The van der Waals surface area contributed by atoms with E-state index in [0.29, 0.717) is 22.1 Å². The van der Waals surface area contributed by atoms with Crippen molar-refractivity contribution in [1.29, 1.82) is 0 Å². The summed E-state index contributed by atoms with van der Waals surface area (Å²) < 4.78 is 5.41. The van der Waals surface area contributed by atoms with E-state index in [0.717, 1.165) is 5.56 Å². The molecule has 0 heterocycles. The van der Waals surface area contributed by atoms with Crippen LogP contribution in [0.4, 0.5) is 0 Å². The second-order valence-electron chi connectivity index (χ2n) is 6.60. The second kappa shape index (κ2) is 6.42. The summed E-state index contributed by atoms with van der Waals surface area (Å²) in [6.07, 6.45) is 0.253. The Morgan fingerprint density at radius 2 is 1.39 bits per heavy atom. The number of hydrogen-bond acceptors (Lipinski definition) is 6. The van der Waals surface area contributed by atoms with Gasteiger partial charge in [0, 0.05) is 34.2 Å². The lowest BCUT2D eigenvalue weighted by Crippen LogP contribution is -1.96. The maximum Gasteiger partial charge on any atom is 0.166 e. The van der Waals surface area contributed by atoms with E-state index in [1.54, 1.807) is 18.2 Å². The molecule has 4 rings (SSSR count). The quantitative estimate of drug-likeness (QED) is 0.271. The van der Waals surface area contributed by atoms with Gasteiger partial charge in [-0.25, -0.2) is 0 Å². The Labute approximate surface area is 160 Å². The fourth-order valence-corrected chi connectivity index (χ4v) is 3.56. The maximum atomic E-state index is 10.8. The number of phenolic OH excluding ortho intramolecular Hbond substituents is 5. The lowest BCUT2D eigenvalue weighted by atomic mass is 9.92. The summed E-state index contributed by atoms with van der Waals surface area (Å²) in [7, 11) is 1.45. The fraction of sp³-hybridized carbons (Fsp3) is 0.0909. The molecule has 0 amide bonds. The summed E-state index contributed by atoms with van der Waals surface area (Å²) in [5, 5.41) is 52.8. The van der Waals surface area contributed by atoms with Crippen molar-refractivity contribution in [3.8, 4) is 34.5 Å². The zero-order chi connectivity index (χ0) is 20.0. The van der Waals surface area contributed by atoms with Gasteiger partial charge in [-0.05, 0) is 41.3 Å². The Morgan fingerprint density at radius 3 is 2.07 bits per heavy atom. The topological polar surface area (TPSA) is 110 Å². The molecule has 4 aromatic rings. The van der Waals surface area contributed by atoms with Crippen LogP contribution in [0.2, 0.25) is 0 Å². The Kier molecular flexibility index (Phi) is 4.04. The van der Waals surface area contributed by atoms with Crippen molar-refractivity contribution in [2.75, 3.05) is 7.11 Å². The molecule has 28 heavy (non-hydrogen) atoms. The third kappa shape index (κ3) is 2.66. The number of aromatic hydroxyl groups is 5. The summed E-state index contributed by atoms with van der Waals surface area (Å²) >= 11 is 0. The minimum absolute atomic E-state index is 0.0522. The van der Waals surface area contributed by atoms with Crippen LogP contribution in [-0.4, -0.2) is 32.6 Å². The third-order valence-corrected chi connectivity index (χ3v) is 4.90. The SMILES string of the molecule is COc1cc(O)c(Cc2ccc(O)cc2)c2c(O)c(O)c3cc(O)ccc3c12. The van der Waals surface area contributed by atoms with Crippen molar-refractivity contribution in [3.05, 3.63) is 59.7 Å². The van der Waals surface area contributed by atoms with Gasteiger partial charge in [-0.2, -0.15) is 0 Å². The van der Waals surface area contributed by atoms with Gasteiger partial charge in [-0.15, -0.1) is 0 Å². The van der Waals surface area contributed by atoms with Crippen LogP contribution in [0.3, 0.4) is 0 Å². The summed E-state index contributed by atoms with van der Waals surface area (Å²) in [6, 6.07) is 12.4. The van der Waals surface area contributed by atoms with E-state index in [2.05, 4.69) is 0 Å². The van der Waals surface area contributed by atoms with E-state index in [9.17, 15) is 25.5 Å². The Balaban J connectivity index is 2.11. The normalized spacial score (nSPS) is 11.2. The standard InChI is InChI=1S/C22H18O6/c1-28-18-10-17(25)16(8-11-2-4-12(23)5-3-11)20-19(18)14-7-6-13(24)9-15(14)21(26)22(20)27/h2-7,9-10,23-27H,8H2,1H3. The predicted molar refractivity (Wildman–Crippen MR) is 106 cm³/mol. The van der Waals surface area contributed by atoms with Gasteiger partial charge in [-0.1, -0.05) is 12.1 Å². The van der Waals surface area contributed by atoms with E-state index in [1.165, 1.54) is 37.4 Å². The van der Waals surface area contributed by atoms with Crippen LogP contribution in [0, 0.1) is 0 Å². The molecule has 0 saturated carbocycles. The number of rotatable bonds is 3. The summed E-state index contributed by atoms with van der Waals surface area (Å²) in [5.74, 6) is -0.491. The molecule has 0 aliphatic rings. The Morgan fingerprint density at radius 1 is 0.714 bits per heavy atom. The van der Waals surface area contributed by atoms with Gasteiger partial charge in [0.1, 0.15) is 23.0 Å². The molecule has 6 nitrogen and oxygen atoms in total. The van der Waals surface area contributed by atoms with Crippen LogP contribution in [0.1, 0.15) is 11.1 Å². The highest BCUT2D eigenvalue weighted by molar-refractivity contribution is 6.17. The molecule has 0 radical (unpaired) electrons. The Hall–Kier alpha value is -3.80.